The smallest absolute Gasteiger partial charge is 0.222 e. The van der Waals surface area contributed by atoms with E-state index < -0.39 is 10.0 Å². The van der Waals surface area contributed by atoms with Crippen molar-refractivity contribution in [3.8, 4) is 0 Å². The van der Waals surface area contributed by atoms with E-state index in [0.29, 0.717) is 32.6 Å². The average molecular weight is 501 g/mol. The quantitative estimate of drug-likeness (QED) is 0.313. The highest BCUT2D eigenvalue weighted by molar-refractivity contribution is 14.0. The molecule has 26 heavy (non-hydrogen) atoms. The molecule has 2 N–H and O–H groups in total. The standard InChI is InChI=1S/C16H31N5O3S.HI/c1-4-15(22)20-8-7-14(12-20)19-16(17-5-2)18-10-13-6-9-21(11-13)25(3,23)24;/h13-14H,4-12H2,1-3H3,(H2,17,18,19);1H. The first-order valence-electron chi connectivity index (χ1n) is 9.11. The van der Waals surface area contributed by atoms with Crippen molar-refractivity contribution in [1.82, 2.24) is 19.8 Å². The number of guanidine groups is 1. The molecule has 0 aromatic rings. The molecule has 0 spiro atoms. The number of aliphatic imine (C=N–C) groups is 1. The number of hydrogen-bond donors (Lipinski definition) is 2. The van der Waals surface area contributed by atoms with Crippen LogP contribution in [0.25, 0.3) is 0 Å². The number of likely N-dealkylation sites (tertiary alicyclic amines) is 1. The second-order valence-corrected chi connectivity index (χ2v) is 8.80. The van der Waals surface area contributed by atoms with E-state index in [-0.39, 0.29) is 41.8 Å². The highest BCUT2D eigenvalue weighted by Gasteiger charge is 2.29. The largest absolute Gasteiger partial charge is 0.357 e. The lowest BCUT2D eigenvalue weighted by molar-refractivity contribution is -0.129. The molecule has 0 radical (unpaired) electrons. The van der Waals surface area contributed by atoms with Gasteiger partial charge in [0.25, 0.3) is 0 Å². The Kier molecular flexibility index (Phi) is 9.59. The number of carbonyl (C=O) groups excluding carboxylic acids is 1. The van der Waals surface area contributed by atoms with Crippen molar-refractivity contribution >= 4 is 45.9 Å². The predicted octanol–water partition coefficient (Wildman–Crippen LogP) is 0.452. The first-order chi connectivity index (χ1) is 11.8. The third-order valence-corrected chi connectivity index (χ3v) is 6.02. The Balaban J connectivity index is 0.00000338. The third-order valence-electron chi connectivity index (χ3n) is 4.75. The zero-order chi connectivity index (χ0) is 18.4. The number of amides is 1. The van der Waals surface area contributed by atoms with Gasteiger partial charge in [0.2, 0.25) is 15.9 Å². The lowest BCUT2D eigenvalue weighted by Gasteiger charge is -2.19. The minimum Gasteiger partial charge on any atom is -0.357 e. The van der Waals surface area contributed by atoms with Crippen molar-refractivity contribution in [3.05, 3.63) is 0 Å². The number of nitrogens with zero attached hydrogens (tertiary/aromatic N) is 3. The van der Waals surface area contributed by atoms with Crippen molar-refractivity contribution in [3.63, 3.8) is 0 Å². The topological polar surface area (TPSA) is 94.1 Å². The van der Waals surface area contributed by atoms with Crippen LogP contribution in [0.2, 0.25) is 0 Å². The number of hydrogen-bond acceptors (Lipinski definition) is 4. The van der Waals surface area contributed by atoms with Crippen LogP contribution in [-0.2, 0) is 14.8 Å². The van der Waals surface area contributed by atoms with Crippen LogP contribution in [0.15, 0.2) is 4.99 Å². The molecule has 0 aromatic carbocycles. The van der Waals surface area contributed by atoms with Gasteiger partial charge in [-0.05, 0) is 25.7 Å². The van der Waals surface area contributed by atoms with E-state index in [4.69, 9.17) is 0 Å². The van der Waals surface area contributed by atoms with Gasteiger partial charge in [0, 0.05) is 51.7 Å². The van der Waals surface area contributed by atoms with Crippen molar-refractivity contribution in [1.29, 1.82) is 0 Å². The third kappa shape index (κ3) is 6.84. The van der Waals surface area contributed by atoms with E-state index in [1.165, 1.54) is 10.6 Å². The highest BCUT2D eigenvalue weighted by atomic mass is 127. The van der Waals surface area contributed by atoms with Gasteiger partial charge in [-0.2, -0.15) is 0 Å². The second-order valence-electron chi connectivity index (χ2n) is 6.82. The maximum Gasteiger partial charge on any atom is 0.222 e. The molecule has 8 nitrogen and oxygen atoms in total. The molecule has 2 heterocycles. The van der Waals surface area contributed by atoms with Crippen LogP contribution in [0.1, 0.15) is 33.1 Å². The summed E-state index contributed by atoms with van der Waals surface area (Å²) in [5, 5.41) is 6.64. The summed E-state index contributed by atoms with van der Waals surface area (Å²) in [5.74, 6) is 1.20. The molecule has 0 aromatic heterocycles. The molecule has 2 aliphatic heterocycles. The Labute approximate surface area is 174 Å². The molecule has 0 bridgehead atoms. The Morgan fingerprint density at radius 3 is 2.50 bits per heavy atom. The minimum absolute atomic E-state index is 0. The van der Waals surface area contributed by atoms with Crippen LogP contribution < -0.4 is 10.6 Å². The summed E-state index contributed by atoms with van der Waals surface area (Å²) >= 11 is 0. The van der Waals surface area contributed by atoms with Gasteiger partial charge in [-0.3, -0.25) is 9.79 Å². The van der Waals surface area contributed by atoms with Crippen LogP contribution in [0.5, 0.6) is 0 Å². The maximum absolute atomic E-state index is 11.8. The molecule has 1 amide bonds. The lowest BCUT2D eigenvalue weighted by atomic mass is 10.1. The number of sulfonamides is 1. The van der Waals surface area contributed by atoms with Gasteiger partial charge in [0.15, 0.2) is 5.96 Å². The van der Waals surface area contributed by atoms with Crippen molar-refractivity contribution in [2.75, 3.05) is 45.5 Å². The molecule has 2 fully saturated rings. The maximum atomic E-state index is 11.8. The Morgan fingerprint density at radius 1 is 1.19 bits per heavy atom. The van der Waals surface area contributed by atoms with Crippen LogP contribution in [0.4, 0.5) is 0 Å². The fourth-order valence-electron chi connectivity index (χ4n) is 3.31. The van der Waals surface area contributed by atoms with Gasteiger partial charge in [-0.1, -0.05) is 6.92 Å². The molecule has 152 valence electrons. The van der Waals surface area contributed by atoms with Crippen molar-refractivity contribution in [2.45, 2.75) is 39.2 Å². The van der Waals surface area contributed by atoms with E-state index >= 15 is 0 Å². The number of halogens is 1. The molecular weight excluding hydrogens is 469 g/mol. The van der Waals surface area contributed by atoms with Crippen LogP contribution in [0.3, 0.4) is 0 Å². The molecule has 0 saturated carbocycles. The lowest BCUT2D eigenvalue weighted by Crippen LogP contribution is -2.45. The fourth-order valence-corrected chi connectivity index (χ4v) is 4.23. The summed E-state index contributed by atoms with van der Waals surface area (Å²) in [4.78, 5) is 18.3. The van der Waals surface area contributed by atoms with Crippen molar-refractivity contribution in [2.24, 2.45) is 10.9 Å². The molecular formula is C16H32IN5O3S. The SMILES string of the molecule is CCNC(=NCC1CCN(S(C)(=O)=O)C1)NC1CCN(C(=O)CC)C1.I. The first-order valence-corrected chi connectivity index (χ1v) is 11.0. The summed E-state index contributed by atoms with van der Waals surface area (Å²) in [6.07, 6.45) is 3.56. The van der Waals surface area contributed by atoms with Crippen LogP contribution >= 0.6 is 24.0 Å². The molecule has 0 aliphatic carbocycles. The number of rotatable bonds is 6. The molecule has 2 aliphatic rings. The van der Waals surface area contributed by atoms with Crippen LogP contribution in [0, 0.1) is 5.92 Å². The average Bonchev–Trinajstić information content (AvgIpc) is 3.21. The monoisotopic (exact) mass is 501 g/mol. The zero-order valence-corrected chi connectivity index (χ0v) is 19.0. The van der Waals surface area contributed by atoms with Gasteiger partial charge in [0.05, 0.1) is 6.26 Å². The van der Waals surface area contributed by atoms with E-state index in [9.17, 15) is 13.2 Å². The Hall–Kier alpha value is -0.620. The van der Waals surface area contributed by atoms with Gasteiger partial charge >= 0.3 is 0 Å². The summed E-state index contributed by atoms with van der Waals surface area (Å²) in [7, 11) is -3.10. The predicted molar refractivity (Wildman–Crippen MR) is 114 cm³/mol. The van der Waals surface area contributed by atoms with E-state index in [0.717, 1.165) is 31.9 Å². The summed E-state index contributed by atoms with van der Waals surface area (Å²) in [6, 6.07) is 0.212. The molecule has 2 rings (SSSR count). The summed E-state index contributed by atoms with van der Waals surface area (Å²) in [5.41, 5.74) is 0. The van der Waals surface area contributed by atoms with E-state index in [1.807, 2.05) is 18.7 Å². The van der Waals surface area contributed by atoms with E-state index in [1.54, 1.807) is 0 Å². The number of nitrogens with one attached hydrogen (secondary N) is 2. The normalized spacial score (nSPS) is 24.4. The Morgan fingerprint density at radius 2 is 1.92 bits per heavy atom. The fraction of sp³-hybridized carbons (Fsp3) is 0.875. The Bertz CT molecular complexity index is 599. The summed E-state index contributed by atoms with van der Waals surface area (Å²) < 4.78 is 24.7. The first kappa shape index (κ1) is 23.4. The second kappa shape index (κ2) is 10.6. The molecule has 2 atom stereocenters. The molecule has 2 saturated heterocycles. The van der Waals surface area contributed by atoms with Crippen LogP contribution in [-0.4, -0.2) is 81.1 Å². The molecule has 2 unspecified atom stereocenters. The molecule has 10 heteroatoms. The van der Waals surface area contributed by atoms with Gasteiger partial charge in [-0.25, -0.2) is 12.7 Å². The number of carbonyl (C=O) groups is 1. The van der Waals surface area contributed by atoms with Gasteiger partial charge < -0.3 is 15.5 Å². The summed E-state index contributed by atoms with van der Waals surface area (Å²) in [6.45, 7) is 7.89. The zero-order valence-electron chi connectivity index (χ0n) is 15.9. The van der Waals surface area contributed by atoms with Crippen molar-refractivity contribution < 1.29 is 13.2 Å². The van der Waals surface area contributed by atoms with Gasteiger partial charge in [-0.15, -0.1) is 24.0 Å². The minimum atomic E-state index is -3.10. The van der Waals surface area contributed by atoms with E-state index in [2.05, 4.69) is 15.6 Å². The van der Waals surface area contributed by atoms with Gasteiger partial charge in [0.1, 0.15) is 0 Å². The highest BCUT2D eigenvalue weighted by Crippen LogP contribution is 2.19.